The van der Waals surface area contributed by atoms with E-state index in [0.29, 0.717) is 12.2 Å². The lowest BCUT2D eigenvalue weighted by molar-refractivity contribution is 0.318. The Hall–Kier alpha value is -2.40. The lowest BCUT2D eigenvalue weighted by Crippen LogP contribution is -2.22. The zero-order valence-corrected chi connectivity index (χ0v) is 11.9. The van der Waals surface area contributed by atoms with Crippen molar-refractivity contribution in [2.45, 2.75) is 19.4 Å². The van der Waals surface area contributed by atoms with Crippen LogP contribution in [0.5, 0.6) is 0 Å². The Kier molecular flexibility index (Phi) is 5.72. The van der Waals surface area contributed by atoms with Crippen molar-refractivity contribution in [2.75, 3.05) is 6.54 Å². The van der Waals surface area contributed by atoms with E-state index in [4.69, 9.17) is 10.9 Å². The van der Waals surface area contributed by atoms with E-state index in [0.717, 1.165) is 24.9 Å². The van der Waals surface area contributed by atoms with E-state index in [1.165, 1.54) is 5.56 Å². The van der Waals surface area contributed by atoms with Gasteiger partial charge in [-0.05, 0) is 36.6 Å². The van der Waals surface area contributed by atoms with Gasteiger partial charge >= 0.3 is 0 Å². The van der Waals surface area contributed by atoms with Crippen LogP contribution in [0, 0.1) is 0 Å². The van der Waals surface area contributed by atoms with E-state index < -0.39 is 0 Å². The summed E-state index contributed by atoms with van der Waals surface area (Å²) in [5.74, 6) is 0.0386. The third-order valence-corrected chi connectivity index (χ3v) is 3.22. The van der Waals surface area contributed by atoms with Gasteiger partial charge in [-0.3, -0.25) is 4.98 Å². The first-order valence-electron chi connectivity index (χ1n) is 6.97. The van der Waals surface area contributed by atoms with Crippen LogP contribution in [0.2, 0.25) is 0 Å². The van der Waals surface area contributed by atoms with Gasteiger partial charge in [0.25, 0.3) is 0 Å². The first-order chi connectivity index (χ1) is 10.3. The minimum Gasteiger partial charge on any atom is -0.409 e. The van der Waals surface area contributed by atoms with Gasteiger partial charge in [0.1, 0.15) is 5.69 Å². The molecule has 0 radical (unpaired) electrons. The molecular formula is C16H20N4O. The molecule has 2 aromatic rings. The molecule has 0 unspecified atom stereocenters. The summed E-state index contributed by atoms with van der Waals surface area (Å²) in [6, 6.07) is 14.2. The standard InChI is InChI=1S/C16H20N4O/c17-16(20-21)15-14(9-5-11-19-15)12-18-10-4-8-13-6-2-1-3-7-13/h1-3,5-7,9,11,18,21H,4,8,10,12H2,(H2,17,20). The van der Waals surface area contributed by atoms with Gasteiger partial charge in [-0.2, -0.15) is 0 Å². The molecule has 0 spiro atoms. The van der Waals surface area contributed by atoms with Gasteiger partial charge in [0.05, 0.1) is 0 Å². The zero-order chi connectivity index (χ0) is 14.9. The topological polar surface area (TPSA) is 83.5 Å². The largest absolute Gasteiger partial charge is 0.409 e. The molecule has 0 saturated heterocycles. The second kappa shape index (κ2) is 8.01. The molecule has 0 atom stereocenters. The van der Waals surface area contributed by atoms with Gasteiger partial charge in [0.2, 0.25) is 0 Å². The fraction of sp³-hybridized carbons (Fsp3) is 0.250. The first-order valence-corrected chi connectivity index (χ1v) is 6.97. The number of oxime groups is 1. The Morgan fingerprint density at radius 2 is 2.00 bits per heavy atom. The molecule has 2 rings (SSSR count). The first kappa shape index (κ1) is 15.0. The zero-order valence-electron chi connectivity index (χ0n) is 11.9. The Bertz CT molecular complexity index is 584. The number of pyridine rings is 1. The minimum atomic E-state index is 0.0386. The Balaban J connectivity index is 1.79. The highest BCUT2D eigenvalue weighted by molar-refractivity contribution is 5.96. The molecular weight excluding hydrogens is 264 g/mol. The molecule has 0 bridgehead atoms. The predicted octanol–water partition coefficient (Wildman–Crippen LogP) is 1.90. The lowest BCUT2D eigenvalue weighted by Gasteiger charge is -2.08. The van der Waals surface area contributed by atoms with Crippen molar-refractivity contribution in [3.63, 3.8) is 0 Å². The van der Waals surface area contributed by atoms with Crippen LogP contribution in [0.3, 0.4) is 0 Å². The van der Waals surface area contributed by atoms with Crippen LogP contribution in [0.1, 0.15) is 23.2 Å². The summed E-state index contributed by atoms with van der Waals surface area (Å²) in [6.45, 7) is 1.55. The van der Waals surface area contributed by atoms with Gasteiger partial charge in [-0.15, -0.1) is 0 Å². The average molecular weight is 284 g/mol. The number of nitrogens with two attached hydrogens (primary N) is 1. The summed E-state index contributed by atoms with van der Waals surface area (Å²) < 4.78 is 0. The van der Waals surface area contributed by atoms with Crippen molar-refractivity contribution in [1.82, 2.24) is 10.3 Å². The van der Waals surface area contributed by atoms with E-state index in [1.54, 1.807) is 6.20 Å². The molecule has 21 heavy (non-hydrogen) atoms. The summed E-state index contributed by atoms with van der Waals surface area (Å²) >= 11 is 0. The monoisotopic (exact) mass is 284 g/mol. The Morgan fingerprint density at radius 1 is 1.19 bits per heavy atom. The second-order valence-electron chi connectivity index (χ2n) is 4.76. The van der Waals surface area contributed by atoms with Crippen molar-refractivity contribution in [2.24, 2.45) is 10.9 Å². The van der Waals surface area contributed by atoms with Crippen LogP contribution < -0.4 is 11.1 Å². The van der Waals surface area contributed by atoms with Crippen LogP contribution in [-0.2, 0) is 13.0 Å². The number of hydrogen-bond donors (Lipinski definition) is 3. The SMILES string of the molecule is NC(=NO)c1ncccc1CNCCCc1ccccc1. The van der Waals surface area contributed by atoms with E-state index in [2.05, 4.69) is 39.7 Å². The van der Waals surface area contributed by atoms with E-state index in [-0.39, 0.29) is 5.84 Å². The molecule has 1 aromatic heterocycles. The van der Waals surface area contributed by atoms with Crippen molar-refractivity contribution in [3.05, 3.63) is 65.5 Å². The molecule has 0 aliphatic heterocycles. The molecule has 0 saturated carbocycles. The van der Waals surface area contributed by atoms with Gasteiger partial charge in [-0.1, -0.05) is 41.6 Å². The second-order valence-corrected chi connectivity index (χ2v) is 4.76. The number of aromatic nitrogens is 1. The number of benzene rings is 1. The molecule has 5 nitrogen and oxygen atoms in total. The molecule has 0 aliphatic carbocycles. The molecule has 0 aliphatic rings. The summed E-state index contributed by atoms with van der Waals surface area (Å²) in [5, 5.41) is 15.1. The van der Waals surface area contributed by atoms with Crippen molar-refractivity contribution in [1.29, 1.82) is 0 Å². The number of aryl methyl sites for hydroxylation is 1. The highest BCUT2D eigenvalue weighted by Gasteiger charge is 2.07. The summed E-state index contributed by atoms with van der Waals surface area (Å²) in [4.78, 5) is 4.14. The molecule has 0 fully saturated rings. The third-order valence-electron chi connectivity index (χ3n) is 3.22. The third kappa shape index (κ3) is 4.57. The maximum absolute atomic E-state index is 8.75. The minimum absolute atomic E-state index is 0.0386. The lowest BCUT2D eigenvalue weighted by atomic mass is 10.1. The number of rotatable bonds is 7. The summed E-state index contributed by atoms with van der Waals surface area (Å²) in [6.07, 6.45) is 3.74. The fourth-order valence-electron chi connectivity index (χ4n) is 2.14. The summed E-state index contributed by atoms with van der Waals surface area (Å²) in [7, 11) is 0. The van der Waals surface area contributed by atoms with Crippen LogP contribution in [0.15, 0.2) is 53.8 Å². The fourth-order valence-corrected chi connectivity index (χ4v) is 2.14. The summed E-state index contributed by atoms with van der Waals surface area (Å²) in [5.41, 5.74) is 8.40. The highest BCUT2D eigenvalue weighted by atomic mass is 16.4. The number of nitrogens with one attached hydrogen (secondary N) is 1. The van der Waals surface area contributed by atoms with E-state index >= 15 is 0 Å². The van der Waals surface area contributed by atoms with Crippen molar-refractivity contribution < 1.29 is 5.21 Å². The van der Waals surface area contributed by atoms with E-state index in [9.17, 15) is 0 Å². The quantitative estimate of drug-likeness (QED) is 0.238. The molecule has 0 amide bonds. The van der Waals surface area contributed by atoms with Gasteiger partial charge < -0.3 is 16.3 Å². The Labute approximate surface area is 124 Å². The average Bonchev–Trinajstić information content (AvgIpc) is 2.55. The van der Waals surface area contributed by atoms with Crippen molar-refractivity contribution >= 4 is 5.84 Å². The van der Waals surface area contributed by atoms with Crippen molar-refractivity contribution in [3.8, 4) is 0 Å². The molecule has 1 aromatic carbocycles. The van der Waals surface area contributed by atoms with Crippen LogP contribution in [-0.4, -0.2) is 22.6 Å². The number of nitrogens with zero attached hydrogens (tertiary/aromatic N) is 2. The normalized spacial score (nSPS) is 11.5. The number of amidine groups is 1. The van der Waals surface area contributed by atoms with Crippen LogP contribution >= 0.6 is 0 Å². The van der Waals surface area contributed by atoms with Gasteiger partial charge in [0, 0.05) is 12.7 Å². The molecule has 4 N–H and O–H groups in total. The molecule has 110 valence electrons. The maximum atomic E-state index is 8.75. The molecule has 1 heterocycles. The van der Waals surface area contributed by atoms with Crippen LogP contribution in [0.4, 0.5) is 0 Å². The van der Waals surface area contributed by atoms with Gasteiger partial charge in [0.15, 0.2) is 5.84 Å². The predicted molar refractivity (Wildman–Crippen MR) is 83.2 cm³/mol. The van der Waals surface area contributed by atoms with Gasteiger partial charge in [-0.25, -0.2) is 0 Å². The Morgan fingerprint density at radius 3 is 2.76 bits per heavy atom. The highest BCUT2D eigenvalue weighted by Crippen LogP contribution is 2.05. The molecule has 5 heteroatoms. The maximum Gasteiger partial charge on any atom is 0.189 e. The van der Waals surface area contributed by atoms with E-state index in [1.807, 2.05) is 18.2 Å². The number of hydrogen-bond acceptors (Lipinski definition) is 4. The smallest absolute Gasteiger partial charge is 0.189 e. The van der Waals surface area contributed by atoms with Crippen LogP contribution in [0.25, 0.3) is 0 Å².